The molecular formula is C27H30O7. The summed E-state index contributed by atoms with van der Waals surface area (Å²) in [5.41, 5.74) is 1.13. The summed E-state index contributed by atoms with van der Waals surface area (Å²) in [4.78, 5) is 37.7. The summed E-state index contributed by atoms with van der Waals surface area (Å²) in [6.07, 6.45) is 3.15. The topological polar surface area (TPSA) is 88.1 Å². The molecule has 7 heteroatoms. The van der Waals surface area contributed by atoms with Gasteiger partial charge in [0.15, 0.2) is 0 Å². The fourth-order valence-corrected chi connectivity index (χ4v) is 3.68. The van der Waals surface area contributed by atoms with E-state index in [9.17, 15) is 14.4 Å². The van der Waals surface area contributed by atoms with E-state index in [4.69, 9.17) is 18.9 Å². The Morgan fingerprint density at radius 1 is 0.971 bits per heavy atom. The molecule has 0 bridgehead atoms. The highest BCUT2D eigenvalue weighted by Gasteiger charge is 2.29. The van der Waals surface area contributed by atoms with E-state index >= 15 is 0 Å². The van der Waals surface area contributed by atoms with Crippen molar-refractivity contribution < 1.29 is 33.3 Å². The highest BCUT2D eigenvalue weighted by molar-refractivity contribution is 5.94. The Bertz CT molecular complexity index is 976. The first-order valence-electron chi connectivity index (χ1n) is 11.4. The molecule has 0 saturated heterocycles. The molecule has 0 amide bonds. The Morgan fingerprint density at radius 3 is 2.29 bits per heavy atom. The monoisotopic (exact) mass is 466 g/mol. The van der Waals surface area contributed by atoms with Crippen molar-refractivity contribution in [1.29, 1.82) is 0 Å². The van der Waals surface area contributed by atoms with Crippen LogP contribution in [0.25, 0.3) is 0 Å². The van der Waals surface area contributed by atoms with Gasteiger partial charge in [-0.1, -0.05) is 55.5 Å². The predicted molar refractivity (Wildman–Crippen MR) is 125 cm³/mol. The van der Waals surface area contributed by atoms with Gasteiger partial charge in [-0.05, 0) is 43.4 Å². The van der Waals surface area contributed by atoms with Crippen molar-refractivity contribution in [3.63, 3.8) is 0 Å². The first-order chi connectivity index (χ1) is 16.5. The molecule has 1 saturated carbocycles. The van der Waals surface area contributed by atoms with Crippen LogP contribution in [0.15, 0.2) is 66.7 Å². The normalized spacial score (nSPS) is 14.5. The van der Waals surface area contributed by atoms with Gasteiger partial charge in [-0.15, -0.1) is 0 Å². The zero-order valence-electron chi connectivity index (χ0n) is 19.4. The summed E-state index contributed by atoms with van der Waals surface area (Å²) in [6.45, 7) is 3.66. The van der Waals surface area contributed by atoms with Crippen LogP contribution in [-0.2, 0) is 35.2 Å². The molecule has 1 aliphatic carbocycles. The predicted octanol–water partition coefficient (Wildman–Crippen LogP) is 4.85. The van der Waals surface area contributed by atoms with E-state index in [2.05, 4.69) is 6.58 Å². The van der Waals surface area contributed by atoms with Gasteiger partial charge in [-0.3, -0.25) is 4.79 Å². The lowest BCUT2D eigenvalue weighted by molar-refractivity contribution is -0.167. The molecule has 180 valence electrons. The number of carbonyl (C=O) groups excluding carboxylic acids is 3. The third-order valence-corrected chi connectivity index (χ3v) is 5.58. The van der Waals surface area contributed by atoms with Crippen LogP contribution in [0.2, 0.25) is 0 Å². The molecule has 0 heterocycles. The van der Waals surface area contributed by atoms with Gasteiger partial charge in [0.1, 0.15) is 18.5 Å². The van der Waals surface area contributed by atoms with Crippen molar-refractivity contribution >= 4 is 17.9 Å². The second-order valence-corrected chi connectivity index (χ2v) is 8.18. The van der Waals surface area contributed by atoms with Crippen LogP contribution in [0.3, 0.4) is 0 Å². The molecule has 3 rings (SSSR count). The Hall–Kier alpha value is -3.61. The van der Waals surface area contributed by atoms with E-state index in [-0.39, 0.29) is 24.7 Å². The number of methoxy groups -OCH3 is 1. The van der Waals surface area contributed by atoms with E-state index in [0.717, 1.165) is 37.7 Å². The van der Waals surface area contributed by atoms with Gasteiger partial charge in [0.25, 0.3) is 0 Å². The number of esters is 3. The van der Waals surface area contributed by atoms with Crippen LogP contribution in [-0.4, -0.2) is 31.1 Å². The molecule has 2 aromatic carbocycles. The van der Waals surface area contributed by atoms with Crippen LogP contribution >= 0.6 is 0 Å². The van der Waals surface area contributed by atoms with Gasteiger partial charge < -0.3 is 18.9 Å². The maximum absolute atomic E-state index is 12.8. The Balaban J connectivity index is 1.59. The smallest absolute Gasteiger partial charge is 0.352 e. The van der Waals surface area contributed by atoms with Crippen LogP contribution < -0.4 is 4.74 Å². The molecule has 7 nitrogen and oxygen atoms in total. The fraction of sp³-hybridized carbons (Fsp3) is 0.370. The van der Waals surface area contributed by atoms with E-state index in [1.807, 2.05) is 0 Å². The molecule has 0 aliphatic heterocycles. The van der Waals surface area contributed by atoms with Gasteiger partial charge in [-0.25, -0.2) is 9.59 Å². The lowest BCUT2D eigenvalue weighted by Gasteiger charge is -2.22. The zero-order valence-corrected chi connectivity index (χ0v) is 19.4. The summed E-state index contributed by atoms with van der Waals surface area (Å²) in [6, 6.07) is 15.6. The minimum atomic E-state index is -1.29. The average Bonchev–Trinajstić information content (AvgIpc) is 2.87. The minimum Gasteiger partial charge on any atom is -0.497 e. The number of ether oxygens (including phenoxy) is 4. The lowest BCUT2D eigenvalue weighted by Crippen LogP contribution is -2.25. The SMILES string of the molecule is C=C(CC(=O)OC1CCCCC1)C(=O)O[C@@H](C(=O)OCc1ccc(OC)cc1)c1ccccc1. The summed E-state index contributed by atoms with van der Waals surface area (Å²) >= 11 is 0. The first-order valence-corrected chi connectivity index (χ1v) is 11.4. The molecule has 1 aliphatic rings. The number of hydrogen-bond acceptors (Lipinski definition) is 7. The Morgan fingerprint density at radius 2 is 1.65 bits per heavy atom. The number of carbonyl (C=O) groups is 3. The minimum absolute atomic E-state index is 0.00161. The second-order valence-electron chi connectivity index (χ2n) is 8.18. The van der Waals surface area contributed by atoms with Crippen molar-refractivity contribution in [1.82, 2.24) is 0 Å². The van der Waals surface area contributed by atoms with Crippen LogP contribution in [0.4, 0.5) is 0 Å². The van der Waals surface area contributed by atoms with Gasteiger partial charge in [-0.2, -0.15) is 0 Å². The number of rotatable bonds is 10. The van der Waals surface area contributed by atoms with Crippen molar-refractivity contribution in [2.75, 3.05) is 7.11 Å². The van der Waals surface area contributed by atoms with Crippen LogP contribution in [0.1, 0.15) is 55.8 Å². The largest absolute Gasteiger partial charge is 0.497 e. The van der Waals surface area contributed by atoms with Crippen molar-refractivity contribution in [2.45, 2.75) is 57.3 Å². The molecule has 34 heavy (non-hydrogen) atoms. The zero-order chi connectivity index (χ0) is 24.3. The van der Waals surface area contributed by atoms with E-state index in [1.165, 1.54) is 0 Å². The first kappa shape index (κ1) is 25.0. The molecule has 0 spiro atoms. The summed E-state index contributed by atoms with van der Waals surface area (Å²) in [7, 11) is 1.57. The quantitative estimate of drug-likeness (QED) is 0.281. The fourth-order valence-electron chi connectivity index (χ4n) is 3.68. The molecule has 0 unspecified atom stereocenters. The summed E-state index contributed by atoms with van der Waals surface area (Å²) in [5.74, 6) is -1.41. The summed E-state index contributed by atoms with van der Waals surface area (Å²) in [5, 5.41) is 0. The Kier molecular flexibility index (Phi) is 9.26. The van der Waals surface area contributed by atoms with Crippen molar-refractivity contribution in [3.8, 4) is 5.75 Å². The molecule has 2 aromatic rings. The highest BCUT2D eigenvalue weighted by Crippen LogP contribution is 2.24. The van der Waals surface area contributed by atoms with E-state index in [0.29, 0.717) is 11.3 Å². The molecule has 0 N–H and O–H groups in total. The summed E-state index contributed by atoms with van der Waals surface area (Å²) < 4.78 is 21.4. The molecule has 0 aromatic heterocycles. The second kappa shape index (κ2) is 12.6. The molecular weight excluding hydrogens is 436 g/mol. The molecule has 1 atom stereocenters. The van der Waals surface area contributed by atoms with Crippen molar-refractivity contribution in [3.05, 3.63) is 77.9 Å². The van der Waals surface area contributed by atoms with Crippen molar-refractivity contribution in [2.24, 2.45) is 0 Å². The average molecular weight is 467 g/mol. The van der Waals surface area contributed by atoms with Crippen LogP contribution in [0, 0.1) is 0 Å². The van der Waals surface area contributed by atoms with E-state index < -0.39 is 24.0 Å². The van der Waals surface area contributed by atoms with Gasteiger partial charge in [0.05, 0.1) is 13.5 Å². The Labute approximate surface area is 199 Å². The lowest BCUT2D eigenvalue weighted by atomic mass is 9.98. The molecule has 0 radical (unpaired) electrons. The highest BCUT2D eigenvalue weighted by atomic mass is 16.6. The van der Waals surface area contributed by atoms with Gasteiger partial charge >= 0.3 is 17.9 Å². The number of hydrogen-bond donors (Lipinski definition) is 0. The third kappa shape index (κ3) is 7.47. The maximum Gasteiger partial charge on any atom is 0.352 e. The third-order valence-electron chi connectivity index (χ3n) is 5.58. The van der Waals surface area contributed by atoms with E-state index in [1.54, 1.807) is 61.7 Å². The van der Waals surface area contributed by atoms with Gasteiger partial charge in [0, 0.05) is 11.1 Å². The standard InChI is InChI=1S/C27H30O7/c1-19(17-24(28)33-23-11-7-4-8-12-23)26(29)34-25(21-9-5-3-6-10-21)27(30)32-18-20-13-15-22(31-2)16-14-20/h3,5-6,9-10,13-16,23,25H,1,4,7-8,11-12,17-18H2,2H3/t25-/m1/s1. The van der Waals surface area contributed by atoms with Gasteiger partial charge in [0.2, 0.25) is 6.10 Å². The number of benzene rings is 2. The maximum atomic E-state index is 12.8. The van der Waals surface area contributed by atoms with Crippen LogP contribution in [0.5, 0.6) is 5.75 Å². The molecule has 1 fully saturated rings.